The van der Waals surface area contributed by atoms with Crippen LogP contribution in [0, 0.1) is 6.92 Å². The van der Waals surface area contributed by atoms with Gasteiger partial charge in [0.2, 0.25) is 11.8 Å². The molecule has 0 bridgehead atoms. The summed E-state index contributed by atoms with van der Waals surface area (Å²) in [5.41, 5.74) is 6.31. The SMILES string of the molecule is COc1ccc(CCN2CC(=O)N3C(c4cccc(C)c4)c4[nH]c5ccccc5c4C[C@H]3C2=O)cc1OC. The van der Waals surface area contributed by atoms with Crippen LogP contribution in [0.15, 0.2) is 66.7 Å². The summed E-state index contributed by atoms with van der Waals surface area (Å²) in [5.74, 6) is 1.28. The average Bonchev–Trinajstić information content (AvgIpc) is 3.31. The quantitative estimate of drug-likeness (QED) is 0.418. The number of nitrogens with one attached hydrogen (secondary N) is 1. The van der Waals surface area contributed by atoms with Gasteiger partial charge < -0.3 is 24.3 Å². The zero-order valence-electron chi connectivity index (χ0n) is 21.9. The summed E-state index contributed by atoms with van der Waals surface area (Å²) in [5, 5.41) is 1.11. The van der Waals surface area contributed by atoms with Gasteiger partial charge in [0.15, 0.2) is 11.5 Å². The molecule has 1 saturated heterocycles. The molecule has 7 nitrogen and oxygen atoms in total. The van der Waals surface area contributed by atoms with E-state index in [0.29, 0.717) is 30.9 Å². The van der Waals surface area contributed by atoms with Gasteiger partial charge in [-0.1, -0.05) is 54.1 Å². The summed E-state index contributed by atoms with van der Waals surface area (Å²) in [6.07, 6.45) is 1.12. The second-order valence-electron chi connectivity index (χ2n) is 10.1. The second-order valence-corrected chi connectivity index (χ2v) is 10.1. The smallest absolute Gasteiger partial charge is 0.246 e. The normalized spacial score (nSPS) is 18.9. The number of rotatable bonds is 6. The molecule has 1 unspecified atom stereocenters. The van der Waals surface area contributed by atoms with Gasteiger partial charge in [0, 0.05) is 29.6 Å². The number of aromatic amines is 1. The molecule has 194 valence electrons. The van der Waals surface area contributed by atoms with E-state index >= 15 is 0 Å². The van der Waals surface area contributed by atoms with Crippen LogP contribution in [0.25, 0.3) is 10.9 Å². The van der Waals surface area contributed by atoms with Crippen molar-refractivity contribution in [3.05, 3.63) is 94.7 Å². The number of methoxy groups -OCH3 is 2. The van der Waals surface area contributed by atoms with E-state index in [4.69, 9.17) is 9.47 Å². The van der Waals surface area contributed by atoms with E-state index in [9.17, 15) is 9.59 Å². The van der Waals surface area contributed by atoms with E-state index in [1.165, 1.54) is 0 Å². The Labute approximate surface area is 222 Å². The van der Waals surface area contributed by atoms with Gasteiger partial charge in [0.05, 0.1) is 26.8 Å². The summed E-state index contributed by atoms with van der Waals surface area (Å²) in [4.78, 5) is 34.8. The number of hydrogen-bond acceptors (Lipinski definition) is 4. The number of H-pyrrole nitrogens is 1. The molecule has 3 heterocycles. The third-order valence-corrected chi connectivity index (χ3v) is 7.82. The molecule has 3 aromatic carbocycles. The maximum Gasteiger partial charge on any atom is 0.246 e. The number of fused-ring (bicyclic) bond motifs is 4. The molecule has 0 aliphatic carbocycles. The first kappa shape index (κ1) is 24.1. The molecule has 1 fully saturated rings. The molecule has 6 rings (SSSR count). The number of carbonyl (C=O) groups excluding carboxylic acids is 2. The minimum absolute atomic E-state index is 0.00124. The standard InChI is InChI=1S/C31H31N3O4/c1-19-7-6-8-21(15-19)30-29-23(22-9-4-5-10-24(22)32-29)17-25-31(36)33(18-28(35)34(25)30)14-13-20-11-12-26(37-2)27(16-20)38-3/h4-12,15-16,25,30,32H,13-14,17-18H2,1-3H3/t25-,30?/m0/s1. The van der Waals surface area contributed by atoms with E-state index in [-0.39, 0.29) is 24.4 Å². The van der Waals surface area contributed by atoms with Crippen molar-refractivity contribution in [2.24, 2.45) is 0 Å². The van der Waals surface area contributed by atoms with Gasteiger partial charge in [-0.25, -0.2) is 0 Å². The molecular weight excluding hydrogens is 478 g/mol. The van der Waals surface area contributed by atoms with Gasteiger partial charge in [0.25, 0.3) is 0 Å². The molecule has 2 aliphatic heterocycles. The zero-order valence-corrected chi connectivity index (χ0v) is 21.9. The highest BCUT2D eigenvalue weighted by Crippen LogP contribution is 2.42. The minimum atomic E-state index is -0.543. The third-order valence-electron chi connectivity index (χ3n) is 7.82. The lowest BCUT2D eigenvalue weighted by Crippen LogP contribution is -2.63. The fourth-order valence-electron chi connectivity index (χ4n) is 6.00. The topological polar surface area (TPSA) is 74.9 Å². The fourth-order valence-corrected chi connectivity index (χ4v) is 6.00. The number of amides is 2. The number of benzene rings is 3. The molecule has 0 radical (unpaired) electrons. The molecule has 2 aliphatic rings. The van der Waals surface area contributed by atoms with Gasteiger partial charge >= 0.3 is 0 Å². The number of para-hydroxylation sites is 1. The van der Waals surface area contributed by atoms with E-state index in [1.807, 2.05) is 41.3 Å². The second kappa shape index (κ2) is 9.56. The number of piperazine rings is 1. The van der Waals surface area contributed by atoms with Crippen molar-refractivity contribution in [3.8, 4) is 11.5 Å². The molecule has 2 atom stereocenters. The number of ether oxygens (including phenoxy) is 2. The minimum Gasteiger partial charge on any atom is -0.493 e. The predicted molar refractivity (Wildman–Crippen MR) is 145 cm³/mol. The van der Waals surface area contributed by atoms with Crippen LogP contribution in [0.5, 0.6) is 11.5 Å². The Morgan fingerprint density at radius 2 is 1.76 bits per heavy atom. The first-order valence-corrected chi connectivity index (χ1v) is 13.0. The summed E-state index contributed by atoms with van der Waals surface area (Å²) >= 11 is 0. The number of aryl methyl sites for hydroxylation is 1. The van der Waals surface area contributed by atoms with Crippen molar-refractivity contribution in [1.82, 2.24) is 14.8 Å². The Morgan fingerprint density at radius 1 is 0.947 bits per heavy atom. The largest absolute Gasteiger partial charge is 0.493 e. The van der Waals surface area contributed by atoms with E-state index < -0.39 is 6.04 Å². The number of carbonyl (C=O) groups is 2. The maximum absolute atomic E-state index is 13.9. The molecule has 1 aromatic heterocycles. The molecule has 0 saturated carbocycles. The average molecular weight is 510 g/mol. The monoisotopic (exact) mass is 509 g/mol. The molecule has 2 amide bonds. The van der Waals surface area contributed by atoms with Gasteiger partial charge in [-0.3, -0.25) is 9.59 Å². The number of hydrogen-bond donors (Lipinski definition) is 1. The maximum atomic E-state index is 13.9. The first-order chi connectivity index (χ1) is 18.5. The molecule has 4 aromatic rings. The summed E-state index contributed by atoms with van der Waals surface area (Å²) in [7, 11) is 3.21. The van der Waals surface area contributed by atoms with Crippen LogP contribution in [-0.4, -0.2) is 59.9 Å². The Balaban J connectivity index is 1.34. The molecule has 38 heavy (non-hydrogen) atoms. The third kappa shape index (κ3) is 3.99. The van der Waals surface area contributed by atoms with Crippen LogP contribution in [0.4, 0.5) is 0 Å². The van der Waals surface area contributed by atoms with Crippen molar-refractivity contribution in [1.29, 1.82) is 0 Å². The highest BCUT2D eigenvalue weighted by Gasteiger charge is 2.48. The lowest BCUT2D eigenvalue weighted by atomic mass is 9.86. The van der Waals surface area contributed by atoms with Crippen LogP contribution in [-0.2, 0) is 22.4 Å². The molecule has 1 N–H and O–H groups in total. The van der Waals surface area contributed by atoms with Crippen LogP contribution in [0.3, 0.4) is 0 Å². The number of nitrogens with zero attached hydrogens (tertiary/aromatic N) is 2. The Hall–Kier alpha value is -4.26. The van der Waals surface area contributed by atoms with Gasteiger partial charge in [-0.2, -0.15) is 0 Å². The van der Waals surface area contributed by atoms with Crippen molar-refractivity contribution in [2.75, 3.05) is 27.3 Å². The van der Waals surface area contributed by atoms with Crippen LogP contribution in [0.2, 0.25) is 0 Å². The first-order valence-electron chi connectivity index (χ1n) is 13.0. The van der Waals surface area contributed by atoms with Gasteiger partial charge in [-0.15, -0.1) is 0 Å². The molecule has 0 spiro atoms. The van der Waals surface area contributed by atoms with Crippen LogP contribution >= 0.6 is 0 Å². The molecule has 7 heteroatoms. The Kier molecular flexibility index (Phi) is 6.06. The van der Waals surface area contributed by atoms with Crippen molar-refractivity contribution in [2.45, 2.75) is 31.8 Å². The van der Waals surface area contributed by atoms with Gasteiger partial charge in [-0.05, 0) is 48.2 Å². The number of aromatic nitrogens is 1. The summed E-state index contributed by atoms with van der Waals surface area (Å²) in [6.45, 7) is 2.58. The van der Waals surface area contributed by atoms with E-state index in [1.54, 1.807) is 19.1 Å². The van der Waals surface area contributed by atoms with Crippen molar-refractivity contribution >= 4 is 22.7 Å². The lowest BCUT2D eigenvalue weighted by Gasteiger charge is -2.47. The van der Waals surface area contributed by atoms with E-state index in [2.05, 4.69) is 42.2 Å². The van der Waals surface area contributed by atoms with Crippen LogP contribution < -0.4 is 9.47 Å². The predicted octanol–water partition coefficient (Wildman–Crippen LogP) is 4.42. The summed E-state index contributed by atoms with van der Waals surface area (Å²) < 4.78 is 10.8. The van der Waals surface area contributed by atoms with E-state index in [0.717, 1.165) is 38.9 Å². The fraction of sp³-hybridized carbons (Fsp3) is 0.290. The van der Waals surface area contributed by atoms with Crippen molar-refractivity contribution in [3.63, 3.8) is 0 Å². The zero-order chi connectivity index (χ0) is 26.4. The Bertz CT molecular complexity index is 1540. The lowest BCUT2D eigenvalue weighted by molar-refractivity contribution is -0.158. The highest BCUT2D eigenvalue weighted by molar-refractivity contribution is 5.97. The molecular formula is C31H31N3O4. The van der Waals surface area contributed by atoms with Gasteiger partial charge in [0.1, 0.15) is 6.04 Å². The van der Waals surface area contributed by atoms with Crippen LogP contribution in [0.1, 0.15) is 34.0 Å². The Morgan fingerprint density at radius 3 is 2.55 bits per heavy atom. The highest BCUT2D eigenvalue weighted by atomic mass is 16.5. The van der Waals surface area contributed by atoms with Crippen molar-refractivity contribution < 1.29 is 19.1 Å². The summed E-state index contributed by atoms with van der Waals surface area (Å²) in [6, 6.07) is 21.3.